The van der Waals surface area contributed by atoms with Crippen molar-refractivity contribution >= 4 is 27.7 Å². The van der Waals surface area contributed by atoms with Crippen molar-refractivity contribution in [3.63, 3.8) is 0 Å². The molecule has 2 aromatic carbocycles. The Balaban J connectivity index is 2.14. The summed E-state index contributed by atoms with van der Waals surface area (Å²) in [6, 6.07) is 10.9. The molecule has 0 aliphatic rings. The van der Waals surface area contributed by atoms with Gasteiger partial charge in [0.15, 0.2) is 6.61 Å². The van der Waals surface area contributed by atoms with Crippen LogP contribution in [0.15, 0.2) is 46.9 Å². The molecule has 0 aliphatic heterocycles. The molecule has 156 valence electrons. The zero-order chi connectivity index (χ0) is 21.6. The molecule has 2 aromatic rings. The van der Waals surface area contributed by atoms with Crippen LogP contribution in [0.5, 0.6) is 5.75 Å². The maximum Gasteiger partial charge on any atom is 0.261 e. The summed E-state index contributed by atoms with van der Waals surface area (Å²) >= 11 is 3.48. The summed E-state index contributed by atoms with van der Waals surface area (Å²) in [5.41, 5.74) is 1.87. The van der Waals surface area contributed by atoms with E-state index in [0.29, 0.717) is 11.7 Å². The van der Waals surface area contributed by atoms with Gasteiger partial charge in [-0.3, -0.25) is 9.59 Å². The maximum atomic E-state index is 13.2. The highest BCUT2D eigenvalue weighted by molar-refractivity contribution is 9.10. The van der Waals surface area contributed by atoms with Crippen LogP contribution in [0.3, 0.4) is 0 Å². The number of carbonyl (C=O) groups excluding carboxylic acids is 2. The lowest BCUT2D eigenvalue weighted by Crippen LogP contribution is -2.48. The molecule has 0 radical (unpaired) electrons. The fourth-order valence-electron chi connectivity index (χ4n) is 2.79. The summed E-state index contributed by atoms with van der Waals surface area (Å²) in [5, 5.41) is 2.55. The van der Waals surface area contributed by atoms with Gasteiger partial charge in [0.1, 0.15) is 17.6 Å². The minimum atomic E-state index is -0.701. The fourth-order valence-corrected chi connectivity index (χ4v) is 3.30. The van der Waals surface area contributed by atoms with Crippen LogP contribution < -0.4 is 10.1 Å². The first kappa shape index (κ1) is 22.9. The Morgan fingerprint density at radius 2 is 1.79 bits per heavy atom. The van der Waals surface area contributed by atoms with Crippen LogP contribution in [0.25, 0.3) is 0 Å². The number of hydrogen-bond donors (Lipinski definition) is 1. The van der Waals surface area contributed by atoms with Gasteiger partial charge < -0.3 is 15.0 Å². The molecule has 1 unspecified atom stereocenters. The van der Waals surface area contributed by atoms with Crippen LogP contribution in [-0.4, -0.2) is 36.4 Å². The Labute approximate surface area is 179 Å². The summed E-state index contributed by atoms with van der Waals surface area (Å²) < 4.78 is 19.6. The number of rotatable bonds is 8. The Morgan fingerprint density at radius 1 is 1.14 bits per heavy atom. The number of ether oxygens (including phenoxy) is 1. The molecule has 0 aliphatic carbocycles. The highest BCUT2D eigenvalue weighted by Crippen LogP contribution is 2.29. The molecular weight excluding hydrogens is 439 g/mol. The number of amides is 2. The lowest BCUT2D eigenvalue weighted by Gasteiger charge is -2.28. The van der Waals surface area contributed by atoms with Gasteiger partial charge in [-0.2, -0.15) is 0 Å². The second-order valence-corrected chi connectivity index (χ2v) is 7.93. The average molecular weight is 465 g/mol. The molecule has 0 fully saturated rings. The van der Waals surface area contributed by atoms with Crippen LogP contribution in [0.1, 0.15) is 37.8 Å². The van der Waals surface area contributed by atoms with Crippen LogP contribution in [0, 0.1) is 5.82 Å². The first-order chi connectivity index (χ1) is 13.7. The van der Waals surface area contributed by atoms with Crippen molar-refractivity contribution < 1.29 is 18.7 Å². The van der Waals surface area contributed by atoms with E-state index in [1.165, 1.54) is 24.1 Å². The van der Waals surface area contributed by atoms with E-state index >= 15 is 0 Å². The Hall–Kier alpha value is -2.41. The third kappa shape index (κ3) is 6.29. The second kappa shape index (κ2) is 10.4. The predicted octanol–water partition coefficient (Wildman–Crippen LogP) is 4.25. The number of benzene rings is 2. The molecule has 29 heavy (non-hydrogen) atoms. The van der Waals surface area contributed by atoms with E-state index in [2.05, 4.69) is 35.1 Å². The lowest BCUT2D eigenvalue weighted by atomic mass is 10.0. The van der Waals surface area contributed by atoms with E-state index in [-0.39, 0.29) is 30.8 Å². The summed E-state index contributed by atoms with van der Waals surface area (Å²) in [7, 11) is 1.52. The van der Waals surface area contributed by atoms with Gasteiger partial charge in [-0.1, -0.05) is 32.0 Å². The Morgan fingerprint density at radius 3 is 2.34 bits per heavy atom. The second-order valence-electron chi connectivity index (χ2n) is 7.07. The number of nitrogens with one attached hydrogen (secondary N) is 1. The first-order valence-electron chi connectivity index (χ1n) is 9.40. The van der Waals surface area contributed by atoms with E-state index in [0.717, 1.165) is 15.6 Å². The van der Waals surface area contributed by atoms with Gasteiger partial charge in [0, 0.05) is 13.6 Å². The van der Waals surface area contributed by atoms with Gasteiger partial charge in [0.05, 0.1) is 4.47 Å². The van der Waals surface area contributed by atoms with Crippen LogP contribution in [0.2, 0.25) is 0 Å². The largest absolute Gasteiger partial charge is 0.483 e. The third-order valence-electron chi connectivity index (χ3n) is 4.65. The first-order valence-corrected chi connectivity index (χ1v) is 10.2. The quantitative estimate of drug-likeness (QED) is 0.634. The SMILES string of the molecule is CNC(=O)C(C)N(Cc1ccc(F)cc1)C(=O)COc1ccc(C(C)C)cc1Br. The standard InChI is InChI=1S/C22H26BrFN2O3/c1-14(2)17-7-10-20(19(23)11-17)29-13-21(27)26(15(3)22(28)25-4)12-16-5-8-18(24)9-6-16/h5-11,14-15H,12-13H2,1-4H3,(H,25,28). The van der Waals surface area contributed by atoms with E-state index in [1.54, 1.807) is 19.1 Å². The molecule has 2 rings (SSSR count). The number of nitrogens with zero attached hydrogens (tertiary/aromatic N) is 1. The molecule has 0 saturated carbocycles. The number of halogens is 2. The highest BCUT2D eigenvalue weighted by atomic mass is 79.9. The molecular formula is C22H26BrFN2O3. The van der Waals surface area contributed by atoms with E-state index in [9.17, 15) is 14.0 Å². The van der Waals surface area contributed by atoms with Crippen molar-refractivity contribution in [3.05, 3.63) is 63.9 Å². The van der Waals surface area contributed by atoms with E-state index in [4.69, 9.17) is 4.74 Å². The number of carbonyl (C=O) groups is 2. The molecule has 0 aromatic heterocycles. The molecule has 1 N–H and O–H groups in total. The minimum absolute atomic E-state index is 0.171. The molecule has 1 atom stereocenters. The summed E-state index contributed by atoms with van der Waals surface area (Å²) in [6.07, 6.45) is 0. The zero-order valence-corrected chi connectivity index (χ0v) is 18.6. The van der Waals surface area contributed by atoms with Crippen molar-refractivity contribution in [2.24, 2.45) is 0 Å². The van der Waals surface area contributed by atoms with E-state index < -0.39 is 6.04 Å². The van der Waals surface area contributed by atoms with Gasteiger partial charge >= 0.3 is 0 Å². The maximum absolute atomic E-state index is 13.2. The molecule has 7 heteroatoms. The van der Waals surface area contributed by atoms with Crippen molar-refractivity contribution in [3.8, 4) is 5.75 Å². The summed E-state index contributed by atoms with van der Waals surface area (Å²) in [5.74, 6) is -0.0594. The Kier molecular flexibility index (Phi) is 8.20. The topological polar surface area (TPSA) is 58.6 Å². The van der Waals surface area contributed by atoms with Gasteiger partial charge in [-0.05, 0) is 64.2 Å². The summed E-state index contributed by atoms with van der Waals surface area (Å²) in [6.45, 7) is 5.79. The van der Waals surface area contributed by atoms with Crippen molar-refractivity contribution in [1.29, 1.82) is 0 Å². The number of likely N-dealkylation sites (N-methyl/N-ethyl adjacent to an activating group) is 1. The van der Waals surface area contributed by atoms with Crippen LogP contribution in [-0.2, 0) is 16.1 Å². The Bertz CT molecular complexity index is 856. The third-order valence-corrected chi connectivity index (χ3v) is 5.27. The van der Waals surface area contributed by atoms with Crippen molar-refractivity contribution in [2.45, 2.75) is 39.3 Å². The van der Waals surface area contributed by atoms with Gasteiger partial charge in [-0.25, -0.2) is 4.39 Å². The molecule has 0 saturated heterocycles. The highest BCUT2D eigenvalue weighted by Gasteiger charge is 2.26. The van der Waals surface area contributed by atoms with Gasteiger partial charge in [0.2, 0.25) is 5.91 Å². The van der Waals surface area contributed by atoms with Crippen molar-refractivity contribution in [1.82, 2.24) is 10.2 Å². The van der Waals surface area contributed by atoms with Gasteiger partial charge in [0.25, 0.3) is 5.91 Å². The van der Waals surface area contributed by atoms with Crippen LogP contribution in [0.4, 0.5) is 4.39 Å². The fraction of sp³-hybridized carbons (Fsp3) is 0.364. The summed E-state index contributed by atoms with van der Waals surface area (Å²) in [4.78, 5) is 26.4. The average Bonchev–Trinajstić information content (AvgIpc) is 2.70. The number of hydrogen-bond acceptors (Lipinski definition) is 3. The minimum Gasteiger partial charge on any atom is -0.483 e. The lowest BCUT2D eigenvalue weighted by molar-refractivity contribution is -0.142. The smallest absolute Gasteiger partial charge is 0.261 e. The van der Waals surface area contributed by atoms with Gasteiger partial charge in [-0.15, -0.1) is 0 Å². The zero-order valence-electron chi connectivity index (χ0n) is 17.0. The molecule has 0 heterocycles. The molecule has 2 amide bonds. The monoisotopic (exact) mass is 464 g/mol. The predicted molar refractivity (Wildman–Crippen MR) is 114 cm³/mol. The molecule has 5 nitrogen and oxygen atoms in total. The van der Waals surface area contributed by atoms with Crippen molar-refractivity contribution in [2.75, 3.05) is 13.7 Å². The van der Waals surface area contributed by atoms with Crippen LogP contribution >= 0.6 is 15.9 Å². The molecule has 0 spiro atoms. The molecule has 0 bridgehead atoms. The van der Waals surface area contributed by atoms with E-state index in [1.807, 2.05) is 18.2 Å². The normalized spacial score (nSPS) is 11.8.